The average molecular weight is 306 g/mol. The zero-order valence-electron chi connectivity index (χ0n) is 13.3. The normalized spacial score (nSPS) is 10.3. The van der Waals surface area contributed by atoms with Gasteiger partial charge in [0, 0.05) is 18.1 Å². The lowest BCUT2D eigenvalue weighted by atomic mass is 10.1. The SMILES string of the molecule is CCN(CC)CCSCc1ccc(OC)c(C#CCN)c1. The van der Waals surface area contributed by atoms with Crippen LogP contribution in [0.1, 0.15) is 25.0 Å². The van der Waals surface area contributed by atoms with Crippen molar-refractivity contribution in [3.63, 3.8) is 0 Å². The molecule has 1 rings (SSSR count). The third-order valence-corrected chi connectivity index (χ3v) is 4.31. The van der Waals surface area contributed by atoms with E-state index < -0.39 is 0 Å². The third-order valence-electron chi connectivity index (χ3n) is 3.30. The predicted molar refractivity (Wildman–Crippen MR) is 92.9 cm³/mol. The summed E-state index contributed by atoms with van der Waals surface area (Å²) in [4.78, 5) is 2.44. The maximum atomic E-state index is 5.44. The van der Waals surface area contributed by atoms with E-state index in [-0.39, 0.29) is 0 Å². The molecule has 0 aliphatic carbocycles. The first-order valence-corrected chi connectivity index (χ1v) is 8.56. The first kappa shape index (κ1) is 17.9. The molecule has 0 aromatic heterocycles. The molecule has 0 heterocycles. The van der Waals surface area contributed by atoms with Gasteiger partial charge in [0.15, 0.2) is 0 Å². The van der Waals surface area contributed by atoms with E-state index in [0.29, 0.717) is 6.54 Å². The van der Waals surface area contributed by atoms with Crippen molar-refractivity contribution in [3.8, 4) is 17.6 Å². The summed E-state index contributed by atoms with van der Waals surface area (Å²) in [5.74, 6) is 8.93. The highest BCUT2D eigenvalue weighted by atomic mass is 32.2. The molecule has 3 nitrogen and oxygen atoms in total. The van der Waals surface area contributed by atoms with Gasteiger partial charge in [-0.3, -0.25) is 0 Å². The maximum Gasteiger partial charge on any atom is 0.134 e. The summed E-state index contributed by atoms with van der Waals surface area (Å²) >= 11 is 1.96. The van der Waals surface area contributed by atoms with Crippen LogP contribution in [0.25, 0.3) is 0 Å². The molecule has 0 spiro atoms. The summed E-state index contributed by atoms with van der Waals surface area (Å²) in [6, 6.07) is 6.20. The van der Waals surface area contributed by atoms with Gasteiger partial charge in [-0.2, -0.15) is 11.8 Å². The Balaban J connectivity index is 2.55. The minimum Gasteiger partial charge on any atom is -0.495 e. The maximum absolute atomic E-state index is 5.44. The van der Waals surface area contributed by atoms with Crippen LogP contribution in [0.4, 0.5) is 0 Å². The molecule has 4 heteroatoms. The van der Waals surface area contributed by atoms with Crippen molar-refractivity contribution in [2.75, 3.05) is 39.0 Å². The second kappa shape index (κ2) is 10.6. The van der Waals surface area contributed by atoms with Crippen LogP contribution in [0.2, 0.25) is 0 Å². The van der Waals surface area contributed by atoms with Crippen LogP contribution >= 0.6 is 11.8 Å². The van der Waals surface area contributed by atoms with Crippen LogP contribution in [-0.2, 0) is 5.75 Å². The average Bonchev–Trinajstić information content (AvgIpc) is 2.53. The second-order valence-electron chi connectivity index (χ2n) is 4.62. The summed E-state index contributed by atoms with van der Waals surface area (Å²) in [6.45, 7) is 8.18. The smallest absolute Gasteiger partial charge is 0.134 e. The molecule has 2 N–H and O–H groups in total. The minimum absolute atomic E-state index is 0.367. The fraction of sp³-hybridized carbons (Fsp3) is 0.529. The first-order valence-electron chi connectivity index (χ1n) is 7.41. The third kappa shape index (κ3) is 6.43. The lowest BCUT2D eigenvalue weighted by Crippen LogP contribution is -2.25. The second-order valence-corrected chi connectivity index (χ2v) is 5.73. The molecule has 0 fully saturated rings. The van der Waals surface area contributed by atoms with Gasteiger partial charge in [0.1, 0.15) is 5.75 Å². The summed E-state index contributed by atoms with van der Waals surface area (Å²) in [5.41, 5.74) is 7.64. The molecular formula is C17H26N2OS. The molecule has 0 atom stereocenters. The van der Waals surface area contributed by atoms with E-state index >= 15 is 0 Å². The fourth-order valence-electron chi connectivity index (χ4n) is 2.01. The van der Waals surface area contributed by atoms with Gasteiger partial charge < -0.3 is 15.4 Å². The van der Waals surface area contributed by atoms with E-state index in [4.69, 9.17) is 10.5 Å². The minimum atomic E-state index is 0.367. The van der Waals surface area contributed by atoms with Crippen molar-refractivity contribution in [1.29, 1.82) is 0 Å². The number of nitrogens with two attached hydrogens (primary N) is 1. The standard InChI is InChI=1S/C17H26N2OS/c1-4-19(5-2)11-12-21-14-15-8-9-17(20-3)16(13-15)7-6-10-18/h8-9,13H,4-5,10-12,14,18H2,1-3H3. The van der Waals surface area contributed by atoms with Gasteiger partial charge in [-0.05, 0) is 30.8 Å². The van der Waals surface area contributed by atoms with Crippen LogP contribution in [0.15, 0.2) is 18.2 Å². The first-order chi connectivity index (χ1) is 10.2. The molecular weight excluding hydrogens is 280 g/mol. The van der Waals surface area contributed by atoms with Crippen LogP contribution in [0.3, 0.4) is 0 Å². The molecule has 0 saturated carbocycles. The quantitative estimate of drug-likeness (QED) is 0.592. The summed E-state index contributed by atoms with van der Waals surface area (Å²) in [5, 5.41) is 0. The van der Waals surface area contributed by atoms with Gasteiger partial charge in [0.05, 0.1) is 19.2 Å². The van der Waals surface area contributed by atoms with E-state index in [9.17, 15) is 0 Å². The van der Waals surface area contributed by atoms with Crippen LogP contribution in [0.5, 0.6) is 5.75 Å². The molecule has 0 radical (unpaired) electrons. The highest BCUT2D eigenvalue weighted by Crippen LogP contribution is 2.21. The van der Waals surface area contributed by atoms with Crippen LogP contribution in [-0.4, -0.2) is 43.9 Å². The number of hydrogen-bond donors (Lipinski definition) is 1. The van der Waals surface area contributed by atoms with Crippen molar-refractivity contribution in [2.24, 2.45) is 5.73 Å². The monoisotopic (exact) mass is 306 g/mol. The molecule has 0 bridgehead atoms. The van der Waals surface area contributed by atoms with Crippen LogP contribution < -0.4 is 10.5 Å². The lowest BCUT2D eigenvalue weighted by Gasteiger charge is -2.17. The van der Waals surface area contributed by atoms with Crippen molar-refractivity contribution in [3.05, 3.63) is 29.3 Å². The zero-order valence-corrected chi connectivity index (χ0v) is 14.1. The summed E-state index contributed by atoms with van der Waals surface area (Å²) < 4.78 is 5.33. The van der Waals surface area contributed by atoms with E-state index in [1.165, 1.54) is 5.56 Å². The van der Waals surface area contributed by atoms with E-state index in [0.717, 1.165) is 42.5 Å². The van der Waals surface area contributed by atoms with Gasteiger partial charge in [-0.15, -0.1) is 0 Å². The highest BCUT2D eigenvalue weighted by molar-refractivity contribution is 7.98. The van der Waals surface area contributed by atoms with Gasteiger partial charge >= 0.3 is 0 Å². The molecule has 0 aliphatic rings. The Kier molecular flexibility index (Phi) is 9.00. The van der Waals surface area contributed by atoms with Crippen molar-refractivity contribution in [2.45, 2.75) is 19.6 Å². The molecule has 0 aliphatic heterocycles. The van der Waals surface area contributed by atoms with Crippen molar-refractivity contribution in [1.82, 2.24) is 4.90 Å². The lowest BCUT2D eigenvalue weighted by molar-refractivity contribution is 0.324. The summed E-state index contributed by atoms with van der Waals surface area (Å²) in [6.07, 6.45) is 0. The van der Waals surface area contributed by atoms with E-state index in [1.54, 1.807) is 7.11 Å². The fourth-order valence-corrected chi connectivity index (χ4v) is 2.96. The highest BCUT2D eigenvalue weighted by Gasteiger charge is 2.03. The molecule has 0 unspecified atom stereocenters. The Morgan fingerprint density at radius 1 is 1.29 bits per heavy atom. The van der Waals surface area contributed by atoms with Gasteiger partial charge in [0.25, 0.3) is 0 Å². The topological polar surface area (TPSA) is 38.5 Å². The number of thioether (sulfide) groups is 1. The molecule has 0 amide bonds. The molecule has 1 aromatic rings. The van der Waals surface area contributed by atoms with Crippen molar-refractivity contribution >= 4 is 11.8 Å². The number of benzene rings is 1. The summed E-state index contributed by atoms with van der Waals surface area (Å²) in [7, 11) is 1.67. The molecule has 116 valence electrons. The van der Waals surface area contributed by atoms with Crippen molar-refractivity contribution < 1.29 is 4.74 Å². The Bertz CT molecular complexity index is 475. The van der Waals surface area contributed by atoms with E-state index in [2.05, 4.69) is 42.7 Å². The Labute approximate surface area is 133 Å². The number of rotatable bonds is 8. The predicted octanol–water partition coefficient (Wildman–Crippen LogP) is 2.58. The Morgan fingerprint density at radius 2 is 2.05 bits per heavy atom. The number of methoxy groups -OCH3 is 1. The number of hydrogen-bond acceptors (Lipinski definition) is 4. The van der Waals surface area contributed by atoms with Gasteiger partial charge in [-0.1, -0.05) is 31.8 Å². The van der Waals surface area contributed by atoms with E-state index in [1.807, 2.05) is 17.8 Å². The Morgan fingerprint density at radius 3 is 2.67 bits per heavy atom. The number of ether oxygens (including phenoxy) is 1. The van der Waals surface area contributed by atoms with Gasteiger partial charge in [-0.25, -0.2) is 0 Å². The largest absolute Gasteiger partial charge is 0.495 e. The molecule has 21 heavy (non-hydrogen) atoms. The number of nitrogens with zero attached hydrogens (tertiary/aromatic N) is 1. The Hall–Kier alpha value is -1.15. The molecule has 1 aromatic carbocycles. The van der Waals surface area contributed by atoms with Gasteiger partial charge in [0.2, 0.25) is 0 Å². The van der Waals surface area contributed by atoms with Crippen LogP contribution in [0, 0.1) is 11.8 Å². The molecule has 0 saturated heterocycles. The zero-order chi connectivity index (χ0) is 15.5.